The van der Waals surface area contributed by atoms with E-state index in [4.69, 9.17) is 4.74 Å². The van der Waals surface area contributed by atoms with E-state index in [1.165, 1.54) is 12.8 Å². The van der Waals surface area contributed by atoms with Gasteiger partial charge in [0.2, 0.25) is 0 Å². The molecule has 100 valence electrons. The van der Waals surface area contributed by atoms with Crippen molar-refractivity contribution in [2.45, 2.75) is 58.3 Å². The lowest BCUT2D eigenvalue weighted by molar-refractivity contribution is -0.136. The Labute approximate surface area is 109 Å². The van der Waals surface area contributed by atoms with Crippen molar-refractivity contribution in [2.24, 2.45) is 5.92 Å². The van der Waals surface area contributed by atoms with E-state index in [2.05, 4.69) is 11.8 Å². The first-order chi connectivity index (χ1) is 8.74. The Morgan fingerprint density at radius 1 is 1.39 bits per heavy atom. The predicted octanol–water partition coefficient (Wildman–Crippen LogP) is 2.87. The quantitative estimate of drug-likeness (QED) is 0.253. The Hall–Kier alpha value is -1.30. The van der Waals surface area contributed by atoms with Crippen LogP contribution in [0.3, 0.4) is 0 Å². The topological polar surface area (TPSA) is 43.4 Å². The minimum Gasteiger partial charge on any atom is -0.456 e. The Morgan fingerprint density at radius 3 is 3.00 bits per heavy atom. The summed E-state index contributed by atoms with van der Waals surface area (Å²) in [7, 11) is 0. The fourth-order valence-corrected chi connectivity index (χ4v) is 2.28. The maximum Gasteiger partial charge on any atom is 0.384 e. The lowest BCUT2D eigenvalue weighted by Gasteiger charge is -2.10. The van der Waals surface area contributed by atoms with Gasteiger partial charge in [0, 0.05) is 24.7 Å². The molecule has 0 saturated heterocycles. The normalized spacial score (nSPS) is 19.6. The van der Waals surface area contributed by atoms with E-state index in [9.17, 15) is 9.59 Å². The fourth-order valence-electron chi connectivity index (χ4n) is 2.28. The number of hydrogen-bond acceptors (Lipinski definition) is 3. The van der Waals surface area contributed by atoms with Crippen LogP contribution in [0.2, 0.25) is 0 Å². The van der Waals surface area contributed by atoms with Crippen LogP contribution in [-0.4, -0.2) is 18.4 Å². The summed E-state index contributed by atoms with van der Waals surface area (Å²) < 4.78 is 4.71. The molecule has 1 aliphatic carbocycles. The van der Waals surface area contributed by atoms with E-state index in [1.807, 2.05) is 0 Å². The van der Waals surface area contributed by atoms with Crippen LogP contribution in [0.15, 0.2) is 0 Å². The molecule has 0 heterocycles. The van der Waals surface area contributed by atoms with Crippen molar-refractivity contribution in [3.63, 3.8) is 0 Å². The van der Waals surface area contributed by atoms with Gasteiger partial charge in [-0.15, -0.1) is 0 Å². The molecular weight excluding hydrogens is 228 g/mol. The van der Waals surface area contributed by atoms with E-state index in [1.54, 1.807) is 6.92 Å². The minimum absolute atomic E-state index is 0.233. The largest absolute Gasteiger partial charge is 0.456 e. The molecule has 18 heavy (non-hydrogen) atoms. The Balaban J connectivity index is 2.20. The first-order valence-electron chi connectivity index (χ1n) is 6.92. The molecule has 3 nitrogen and oxygen atoms in total. The van der Waals surface area contributed by atoms with Crippen LogP contribution in [0.5, 0.6) is 0 Å². The molecule has 0 amide bonds. The molecule has 0 aliphatic heterocycles. The summed E-state index contributed by atoms with van der Waals surface area (Å²) in [6, 6.07) is 0. The Kier molecular flexibility index (Phi) is 7.17. The van der Waals surface area contributed by atoms with Gasteiger partial charge in [0.15, 0.2) is 0 Å². The molecule has 0 N–H and O–H groups in total. The highest BCUT2D eigenvalue weighted by Crippen LogP contribution is 2.24. The highest BCUT2D eigenvalue weighted by Gasteiger charge is 2.19. The minimum atomic E-state index is -0.456. The average Bonchev–Trinajstić information content (AvgIpc) is 2.54. The molecule has 0 radical (unpaired) electrons. The van der Waals surface area contributed by atoms with E-state index in [0.29, 0.717) is 18.8 Å². The number of ketones is 1. The summed E-state index contributed by atoms with van der Waals surface area (Å²) in [6.07, 6.45) is 7.67. The van der Waals surface area contributed by atoms with Gasteiger partial charge in [0.25, 0.3) is 0 Å². The number of carbonyl (C=O) groups excluding carboxylic acids is 2. The van der Waals surface area contributed by atoms with Crippen molar-refractivity contribution < 1.29 is 14.3 Å². The number of rotatable bonds is 4. The molecule has 1 rings (SSSR count). The van der Waals surface area contributed by atoms with Crippen LogP contribution >= 0.6 is 0 Å². The molecular formula is C15H22O3. The van der Waals surface area contributed by atoms with Crippen LogP contribution in [-0.2, 0) is 14.3 Å². The van der Waals surface area contributed by atoms with Crippen molar-refractivity contribution in [1.82, 2.24) is 0 Å². The summed E-state index contributed by atoms with van der Waals surface area (Å²) in [5.74, 6) is 5.45. The van der Waals surface area contributed by atoms with Crippen molar-refractivity contribution in [1.29, 1.82) is 0 Å². The molecule has 0 aromatic heterocycles. The Bertz CT molecular complexity index is 335. The molecule has 1 atom stereocenters. The second-order valence-electron chi connectivity index (χ2n) is 4.68. The third-order valence-electron chi connectivity index (χ3n) is 3.25. The van der Waals surface area contributed by atoms with Crippen LogP contribution in [0.4, 0.5) is 0 Å². The zero-order valence-corrected chi connectivity index (χ0v) is 11.2. The number of carbonyl (C=O) groups is 2. The first-order valence-corrected chi connectivity index (χ1v) is 6.92. The van der Waals surface area contributed by atoms with Gasteiger partial charge in [-0.2, -0.15) is 0 Å². The third-order valence-corrected chi connectivity index (χ3v) is 3.25. The summed E-state index contributed by atoms with van der Waals surface area (Å²) in [5, 5.41) is 0. The van der Waals surface area contributed by atoms with Crippen molar-refractivity contribution >= 4 is 11.8 Å². The molecule has 1 aliphatic rings. The predicted molar refractivity (Wildman–Crippen MR) is 69.8 cm³/mol. The SMILES string of the molecule is CCOC(=O)C#CCCCC1CCCCCC1=O. The van der Waals surface area contributed by atoms with Crippen molar-refractivity contribution in [3.8, 4) is 11.8 Å². The summed E-state index contributed by atoms with van der Waals surface area (Å²) >= 11 is 0. The molecule has 0 bridgehead atoms. The fraction of sp³-hybridized carbons (Fsp3) is 0.733. The number of ether oxygens (including phenoxy) is 1. The number of unbranched alkanes of at least 4 members (excludes halogenated alkanes) is 1. The van der Waals surface area contributed by atoms with Gasteiger partial charge in [-0.1, -0.05) is 18.8 Å². The highest BCUT2D eigenvalue weighted by atomic mass is 16.5. The van der Waals surface area contributed by atoms with Crippen molar-refractivity contribution in [3.05, 3.63) is 0 Å². The summed E-state index contributed by atoms with van der Waals surface area (Å²) in [5.41, 5.74) is 0. The van der Waals surface area contributed by atoms with Crippen molar-refractivity contribution in [2.75, 3.05) is 6.61 Å². The number of esters is 1. The van der Waals surface area contributed by atoms with Gasteiger partial charge in [0.1, 0.15) is 5.78 Å². The second-order valence-corrected chi connectivity index (χ2v) is 4.68. The summed E-state index contributed by atoms with van der Waals surface area (Å²) in [4.78, 5) is 22.7. The van der Waals surface area contributed by atoms with Gasteiger partial charge in [-0.25, -0.2) is 4.79 Å². The molecule has 1 fully saturated rings. The zero-order chi connectivity index (χ0) is 13.2. The van der Waals surface area contributed by atoms with Crippen LogP contribution in [0, 0.1) is 17.8 Å². The zero-order valence-electron chi connectivity index (χ0n) is 11.2. The maximum atomic E-state index is 11.8. The maximum absolute atomic E-state index is 11.8. The molecule has 0 spiro atoms. The van der Waals surface area contributed by atoms with Crippen LogP contribution in [0.25, 0.3) is 0 Å². The van der Waals surface area contributed by atoms with Gasteiger partial charge < -0.3 is 4.74 Å². The van der Waals surface area contributed by atoms with Crippen LogP contribution < -0.4 is 0 Å². The Morgan fingerprint density at radius 2 is 2.22 bits per heavy atom. The monoisotopic (exact) mass is 250 g/mol. The van der Waals surface area contributed by atoms with Gasteiger partial charge in [0.05, 0.1) is 6.61 Å². The first kappa shape index (κ1) is 14.8. The lowest BCUT2D eigenvalue weighted by atomic mass is 9.93. The average molecular weight is 250 g/mol. The smallest absolute Gasteiger partial charge is 0.384 e. The van der Waals surface area contributed by atoms with E-state index >= 15 is 0 Å². The standard InChI is InChI=1S/C15H22O3/c1-2-18-15(17)12-8-4-6-10-13-9-5-3-7-11-14(13)16/h13H,2-7,9-11H2,1H3. The molecule has 1 unspecified atom stereocenters. The van der Waals surface area contributed by atoms with Gasteiger partial charge in [-0.3, -0.25) is 4.79 Å². The molecule has 0 aromatic rings. The molecule has 1 saturated carbocycles. The summed E-state index contributed by atoms with van der Waals surface area (Å²) in [6.45, 7) is 2.13. The van der Waals surface area contributed by atoms with Gasteiger partial charge >= 0.3 is 5.97 Å². The lowest BCUT2D eigenvalue weighted by Crippen LogP contribution is -2.12. The molecule has 0 aromatic carbocycles. The number of hydrogen-bond donors (Lipinski definition) is 0. The highest BCUT2D eigenvalue weighted by molar-refractivity contribution is 5.88. The molecule has 3 heteroatoms. The van der Waals surface area contributed by atoms with Crippen LogP contribution in [0.1, 0.15) is 58.3 Å². The van der Waals surface area contributed by atoms with Gasteiger partial charge in [-0.05, 0) is 32.6 Å². The second kappa shape index (κ2) is 8.74. The van der Waals surface area contributed by atoms with E-state index in [0.717, 1.165) is 32.1 Å². The number of Topliss-reactive ketones (excluding diaryl/α,β-unsaturated/α-hetero) is 1. The third kappa shape index (κ3) is 5.86. The van der Waals surface area contributed by atoms with E-state index < -0.39 is 5.97 Å². The van der Waals surface area contributed by atoms with E-state index in [-0.39, 0.29) is 5.92 Å².